The van der Waals surface area contributed by atoms with E-state index in [1.54, 1.807) is 0 Å². The highest BCUT2D eigenvalue weighted by Crippen LogP contribution is 2.24. The summed E-state index contributed by atoms with van der Waals surface area (Å²) in [5, 5.41) is 2.83. The Balaban J connectivity index is 0.00000137. The van der Waals surface area contributed by atoms with Crippen molar-refractivity contribution in [2.24, 2.45) is 5.73 Å². The minimum absolute atomic E-state index is 0.0288. The minimum Gasteiger partial charge on any atom is -0.338 e. The molecular weight excluding hydrogens is 226 g/mol. The number of rotatable bonds is 4. The fraction of sp³-hybridized carbons (Fsp3) is 0.929. The molecule has 0 bridgehead atoms. The van der Waals surface area contributed by atoms with Crippen LogP contribution in [-0.4, -0.2) is 36.1 Å². The molecule has 0 saturated carbocycles. The summed E-state index contributed by atoms with van der Waals surface area (Å²) in [6.07, 6.45) is 5.34. The second kappa shape index (κ2) is 9.20. The van der Waals surface area contributed by atoms with Gasteiger partial charge in [-0.25, -0.2) is 4.79 Å². The van der Waals surface area contributed by atoms with Crippen LogP contribution in [0.25, 0.3) is 0 Å². The van der Waals surface area contributed by atoms with E-state index >= 15 is 0 Å². The summed E-state index contributed by atoms with van der Waals surface area (Å²) in [5.41, 5.74) is 6.29. The van der Waals surface area contributed by atoms with E-state index in [1.807, 2.05) is 25.7 Å². The minimum atomic E-state index is -0.0288. The predicted octanol–water partition coefficient (Wildman–Crippen LogP) is 2.73. The van der Waals surface area contributed by atoms with Crippen molar-refractivity contribution in [2.75, 3.05) is 19.6 Å². The van der Waals surface area contributed by atoms with Crippen LogP contribution in [-0.2, 0) is 0 Å². The van der Waals surface area contributed by atoms with Gasteiger partial charge in [-0.3, -0.25) is 0 Å². The van der Waals surface area contributed by atoms with Crippen LogP contribution in [0.2, 0.25) is 0 Å². The van der Waals surface area contributed by atoms with E-state index in [0.717, 1.165) is 32.4 Å². The summed E-state index contributed by atoms with van der Waals surface area (Å²) in [4.78, 5) is 13.5. The van der Waals surface area contributed by atoms with Crippen LogP contribution in [0.5, 0.6) is 0 Å². The molecule has 0 radical (unpaired) electrons. The zero-order valence-electron chi connectivity index (χ0n) is 12.6. The quantitative estimate of drug-likeness (QED) is 0.813. The molecule has 0 aliphatic carbocycles. The number of nitrogens with zero attached hydrogens (tertiary/aromatic N) is 1. The Morgan fingerprint density at radius 1 is 1.28 bits per heavy atom. The SMILES string of the molecule is CC.CCCCC1(N)CCN(C(=O)NCC)CC1. The molecule has 1 saturated heterocycles. The molecule has 18 heavy (non-hydrogen) atoms. The Kier molecular flexibility index (Phi) is 8.81. The summed E-state index contributed by atoms with van der Waals surface area (Å²) in [5.74, 6) is 0. The van der Waals surface area contributed by atoms with Crippen LogP contribution in [0.4, 0.5) is 4.79 Å². The van der Waals surface area contributed by atoms with E-state index in [-0.39, 0.29) is 11.6 Å². The summed E-state index contributed by atoms with van der Waals surface area (Å²) < 4.78 is 0. The number of carbonyl (C=O) groups excluding carboxylic acids is 1. The number of carbonyl (C=O) groups is 1. The predicted molar refractivity (Wildman–Crippen MR) is 77.7 cm³/mol. The number of likely N-dealkylation sites (tertiary alicyclic amines) is 1. The van der Waals surface area contributed by atoms with Gasteiger partial charge in [0.1, 0.15) is 0 Å². The second-order valence-corrected chi connectivity index (χ2v) is 4.79. The molecule has 0 aromatic heterocycles. The number of amides is 2. The molecule has 108 valence electrons. The first-order valence-electron chi connectivity index (χ1n) is 7.43. The number of hydrogen-bond donors (Lipinski definition) is 2. The van der Waals surface area contributed by atoms with Crippen molar-refractivity contribution >= 4 is 6.03 Å². The molecule has 0 aromatic carbocycles. The Labute approximate surface area is 112 Å². The Morgan fingerprint density at radius 3 is 2.28 bits per heavy atom. The molecule has 1 heterocycles. The van der Waals surface area contributed by atoms with E-state index in [0.29, 0.717) is 6.54 Å². The van der Waals surface area contributed by atoms with Gasteiger partial charge >= 0.3 is 6.03 Å². The third-order valence-electron chi connectivity index (χ3n) is 3.40. The van der Waals surface area contributed by atoms with Crippen LogP contribution in [0, 0.1) is 0 Å². The van der Waals surface area contributed by atoms with Crippen molar-refractivity contribution < 1.29 is 4.79 Å². The van der Waals surface area contributed by atoms with Gasteiger partial charge in [0.2, 0.25) is 0 Å². The molecule has 1 aliphatic heterocycles. The number of urea groups is 1. The monoisotopic (exact) mass is 257 g/mol. The molecule has 1 fully saturated rings. The maximum absolute atomic E-state index is 11.6. The molecule has 1 rings (SSSR count). The van der Waals surface area contributed by atoms with Gasteiger partial charge in [-0.05, 0) is 26.2 Å². The van der Waals surface area contributed by atoms with Crippen molar-refractivity contribution in [3.8, 4) is 0 Å². The second-order valence-electron chi connectivity index (χ2n) is 4.79. The van der Waals surface area contributed by atoms with Crippen molar-refractivity contribution in [1.82, 2.24) is 10.2 Å². The van der Waals surface area contributed by atoms with Gasteiger partial charge in [0.05, 0.1) is 0 Å². The van der Waals surface area contributed by atoms with E-state index in [4.69, 9.17) is 5.73 Å². The largest absolute Gasteiger partial charge is 0.338 e. The number of piperidine rings is 1. The lowest BCUT2D eigenvalue weighted by Gasteiger charge is -2.39. The molecule has 0 aromatic rings. The van der Waals surface area contributed by atoms with Crippen molar-refractivity contribution in [2.45, 2.75) is 65.3 Å². The Bertz CT molecular complexity index is 223. The standard InChI is InChI=1S/C12H25N3O.C2H6/c1-3-5-6-12(13)7-9-15(10-8-12)11(16)14-4-2;1-2/h3-10,13H2,1-2H3,(H,14,16);1-2H3. The van der Waals surface area contributed by atoms with Crippen LogP contribution < -0.4 is 11.1 Å². The van der Waals surface area contributed by atoms with Crippen LogP contribution in [0.1, 0.15) is 59.8 Å². The molecule has 2 amide bonds. The number of nitrogens with two attached hydrogens (primary N) is 1. The summed E-state index contributed by atoms with van der Waals surface area (Å²) in [6.45, 7) is 10.4. The first-order chi connectivity index (χ1) is 8.61. The molecular formula is C14H31N3O. The third kappa shape index (κ3) is 5.71. The molecule has 4 nitrogen and oxygen atoms in total. The molecule has 4 heteroatoms. The molecule has 0 atom stereocenters. The molecule has 1 aliphatic rings. The van der Waals surface area contributed by atoms with Gasteiger partial charge < -0.3 is 16.0 Å². The van der Waals surface area contributed by atoms with E-state index in [2.05, 4.69) is 12.2 Å². The zero-order chi connectivity index (χ0) is 14.0. The molecule has 3 N–H and O–H groups in total. The summed E-state index contributed by atoms with van der Waals surface area (Å²) in [7, 11) is 0. The van der Waals surface area contributed by atoms with Gasteiger partial charge in [-0.1, -0.05) is 33.6 Å². The van der Waals surface area contributed by atoms with Crippen LogP contribution >= 0.6 is 0 Å². The first kappa shape index (κ1) is 17.2. The number of unbranched alkanes of at least 4 members (excludes halogenated alkanes) is 1. The smallest absolute Gasteiger partial charge is 0.317 e. The van der Waals surface area contributed by atoms with Crippen molar-refractivity contribution in [1.29, 1.82) is 0 Å². The summed E-state index contributed by atoms with van der Waals surface area (Å²) in [6, 6.07) is 0.0556. The van der Waals surface area contributed by atoms with Gasteiger partial charge in [0, 0.05) is 25.2 Å². The lowest BCUT2D eigenvalue weighted by molar-refractivity contribution is 0.154. The number of nitrogens with one attached hydrogen (secondary N) is 1. The highest BCUT2D eigenvalue weighted by atomic mass is 16.2. The molecule has 0 unspecified atom stereocenters. The average Bonchev–Trinajstić information content (AvgIpc) is 2.40. The van der Waals surface area contributed by atoms with Gasteiger partial charge in [0.25, 0.3) is 0 Å². The Morgan fingerprint density at radius 2 is 1.83 bits per heavy atom. The fourth-order valence-electron chi connectivity index (χ4n) is 2.20. The fourth-order valence-corrected chi connectivity index (χ4v) is 2.20. The maximum Gasteiger partial charge on any atom is 0.317 e. The van der Waals surface area contributed by atoms with Gasteiger partial charge in [-0.2, -0.15) is 0 Å². The van der Waals surface area contributed by atoms with Gasteiger partial charge in [-0.15, -0.1) is 0 Å². The molecule has 0 spiro atoms. The van der Waals surface area contributed by atoms with E-state index in [1.165, 1.54) is 12.8 Å². The number of hydrogen-bond acceptors (Lipinski definition) is 2. The van der Waals surface area contributed by atoms with Crippen LogP contribution in [0.15, 0.2) is 0 Å². The summed E-state index contributed by atoms with van der Waals surface area (Å²) >= 11 is 0. The van der Waals surface area contributed by atoms with Crippen LogP contribution in [0.3, 0.4) is 0 Å². The van der Waals surface area contributed by atoms with Crippen molar-refractivity contribution in [3.05, 3.63) is 0 Å². The topological polar surface area (TPSA) is 58.4 Å². The van der Waals surface area contributed by atoms with E-state index < -0.39 is 0 Å². The zero-order valence-corrected chi connectivity index (χ0v) is 12.6. The third-order valence-corrected chi connectivity index (χ3v) is 3.40. The van der Waals surface area contributed by atoms with Gasteiger partial charge in [0.15, 0.2) is 0 Å². The lowest BCUT2D eigenvalue weighted by atomic mass is 9.84. The Hall–Kier alpha value is -0.770. The average molecular weight is 257 g/mol. The maximum atomic E-state index is 11.6. The van der Waals surface area contributed by atoms with Crippen molar-refractivity contribution in [3.63, 3.8) is 0 Å². The van der Waals surface area contributed by atoms with E-state index in [9.17, 15) is 4.79 Å². The highest BCUT2D eigenvalue weighted by Gasteiger charge is 2.31. The highest BCUT2D eigenvalue weighted by molar-refractivity contribution is 5.74. The lowest BCUT2D eigenvalue weighted by Crippen LogP contribution is -2.53. The first-order valence-corrected chi connectivity index (χ1v) is 7.43. The normalized spacial score (nSPS) is 17.7.